The lowest BCUT2D eigenvalue weighted by molar-refractivity contribution is -0.109. The van der Waals surface area contributed by atoms with Gasteiger partial charge >= 0.3 is 0 Å². The van der Waals surface area contributed by atoms with Crippen LogP contribution in [0.1, 0.15) is 11.4 Å². The Kier molecular flexibility index (Phi) is 4.39. The summed E-state index contributed by atoms with van der Waals surface area (Å²) in [5.74, 6) is 0.940. The van der Waals surface area contributed by atoms with Crippen LogP contribution in [0.4, 0.5) is 0 Å². The van der Waals surface area contributed by atoms with Gasteiger partial charge in [-0.1, -0.05) is 41.9 Å². The summed E-state index contributed by atoms with van der Waals surface area (Å²) in [5.41, 5.74) is 3.08. The molecule has 0 aliphatic rings. The maximum Gasteiger partial charge on any atom is 0.207 e. The molecule has 3 aromatic rings. The highest BCUT2D eigenvalue weighted by molar-refractivity contribution is 6.31. The van der Waals surface area contributed by atoms with Crippen molar-refractivity contribution in [2.45, 2.75) is 13.0 Å². The van der Waals surface area contributed by atoms with Crippen molar-refractivity contribution in [3.8, 4) is 0 Å². The van der Waals surface area contributed by atoms with Gasteiger partial charge in [0.05, 0.1) is 17.6 Å². The number of hydrogen-bond donors (Lipinski definition) is 1. The third-order valence-electron chi connectivity index (χ3n) is 3.60. The number of nitrogens with zero attached hydrogens (tertiary/aromatic N) is 2. The predicted octanol–water partition coefficient (Wildman–Crippen LogP) is 3.03. The monoisotopic (exact) mass is 313 g/mol. The first-order chi connectivity index (χ1) is 10.8. The molecule has 0 bridgehead atoms. The van der Waals surface area contributed by atoms with E-state index < -0.39 is 0 Å². The predicted molar refractivity (Wildman–Crippen MR) is 88.1 cm³/mol. The summed E-state index contributed by atoms with van der Waals surface area (Å²) < 4.78 is 2.16. The number of hydrogen-bond acceptors (Lipinski definition) is 2. The average molecular weight is 314 g/mol. The standard InChI is InChI=1S/C17H16ClN3O/c18-14-6-2-1-5-13(14)11-21-16-8-4-3-7-15(16)20-17(21)9-10-19-12-22/h1-8,12H,9-11H2,(H,19,22). The van der Waals surface area contributed by atoms with Gasteiger partial charge in [-0.2, -0.15) is 0 Å². The van der Waals surface area contributed by atoms with Gasteiger partial charge in [0.1, 0.15) is 5.82 Å². The molecule has 0 aliphatic carbocycles. The van der Waals surface area contributed by atoms with Crippen molar-refractivity contribution < 1.29 is 4.79 Å². The molecule has 1 aromatic heterocycles. The zero-order valence-electron chi connectivity index (χ0n) is 12.0. The van der Waals surface area contributed by atoms with Crippen molar-refractivity contribution in [3.63, 3.8) is 0 Å². The zero-order valence-corrected chi connectivity index (χ0v) is 12.8. The number of para-hydroxylation sites is 2. The van der Waals surface area contributed by atoms with Crippen molar-refractivity contribution in [1.82, 2.24) is 14.9 Å². The van der Waals surface area contributed by atoms with Crippen LogP contribution < -0.4 is 5.32 Å². The van der Waals surface area contributed by atoms with Crippen LogP contribution in [0.3, 0.4) is 0 Å². The Bertz CT molecular complexity index is 797. The largest absolute Gasteiger partial charge is 0.358 e. The fraction of sp³-hybridized carbons (Fsp3) is 0.176. The first-order valence-electron chi connectivity index (χ1n) is 7.14. The van der Waals surface area contributed by atoms with Gasteiger partial charge < -0.3 is 9.88 Å². The quantitative estimate of drug-likeness (QED) is 0.561. The van der Waals surface area contributed by atoms with Crippen LogP contribution in [0.25, 0.3) is 11.0 Å². The van der Waals surface area contributed by atoms with E-state index in [1.165, 1.54) is 0 Å². The van der Waals surface area contributed by atoms with Gasteiger partial charge in [-0.25, -0.2) is 4.98 Å². The highest BCUT2D eigenvalue weighted by atomic mass is 35.5. The molecule has 1 heterocycles. The number of imidazole rings is 1. The van der Waals surface area contributed by atoms with Crippen LogP contribution >= 0.6 is 11.6 Å². The molecule has 0 atom stereocenters. The molecular weight excluding hydrogens is 298 g/mol. The normalized spacial score (nSPS) is 10.8. The first kappa shape index (κ1) is 14.6. The van der Waals surface area contributed by atoms with E-state index in [9.17, 15) is 4.79 Å². The Labute approximate surface area is 133 Å². The molecule has 0 aliphatic heterocycles. The third-order valence-corrected chi connectivity index (χ3v) is 3.96. The molecule has 0 unspecified atom stereocenters. The Morgan fingerprint density at radius 2 is 1.91 bits per heavy atom. The molecule has 112 valence electrons. The van der Waals surface area contributed by atoms with Gasteiger partial charge in [0, 0.05) is 18.0 Å². The highest BCUT2D eigenvalue weighted by Crippen LogP contribution is 2.21. The van der Waals surface area contributed by atoms with Gasteiger partial charge in [0.15, 0.2) is 0 Å². The number of benzene rings is 2. The Morgan fingerprint density at radius 3 is 2.73 bits per heavy atom. The van der Waals surface area contributed by atoms with E-state index in [1.54, 1.807) is 0 Å². The van der Waals surface area contributed by atoms with Gasteiger partial charge in [0.25, 0.3) is 0 Å². The Balaban J connectivity index is 1.99. The number of amides is 1. The molecule has 0 radical (unpaired) electrons. The molecule has 3 rings (SSSR count). The molecule has 2 aromatic carbocycles. The van der Waals surface area contributed by atoms with Gasteiger partial charge in [-0.3, -0.25) is 4.79 Å². The number of nitrogens with one attached hydrogen (secondary N) is 1. The molecule has 0 spiro atoms. The summed E-state index contributed by atoms with van der Waals surface area (Å²) in [5, 5.41) is 3.43. The van der Waals surface area contributed by atoms with E-state index in [0.29, 0.717) is 25.9 Å². The summed E-state index contributed by atoms with van der Waals surface area (Å²) in [4.78, 5) is 15.1. The molecule has 0 fully saturated rings. The topological polar surface area (TPSA) is 46.9 Å². The number of halogens is 1. The lowest BCUT2D eigenvalue weighted by Crippen LogP contribution is -2.17. The van der Waals surface area contributed by atoms with E-state index in [1.807, 2.05) is 42.5 Å². The van der Waals surface area contributed by atoms with Crippen molar-refractivity contribution in [1.29, 1.82) is 0 Å². The van der Waals surface area contributed by atoms with Gasteiger partial charge in [-0.15, -0.1) is 0 Å². The highest BCUT2D eigenvalue weighted by Gasteiger charge is 2.11. The smallest absolute Gasteiger partial charge is 0.207 e. The minimum Gasteiger partial charge on any atom is -0.358 e. The summed E-state index contributed by atoms with van der Waals surface area (Å²) in [6, 6.07) is 15.8. The van der Waals surface area contributed by atoms with Crippen molar-refractivity contribution in [2.75, 3.05) is 6.54 Å². The van der Waals surface area contributed by atoms with Crippen LogP contribution in [0.5, 0.6) is 0 Å². The second kappa shape index (κ2) is 6.62. The molecule has 5 heteroatoms. The fourth-order valence-corrected chi connectivity index (χ4v) is 2.73. The SMILES string of the molecule is O=CNCCc1nc2ccccc2n1Cc1ccccc1Cl. The molecule has 0 saturated heterocycles. The minimum atomic E-state index is 0.565. The van der Waals surface area contributed by atoms with E-state index in [0.717, 1.165) is 27.4 Å². The second-order valence-electron chi connectivity index (χ2n) is 5.02. The van der Waals surface area contributed by atoms with E-state index in [4.69, 9.17) is 11.6 Å². The number of carbonyl (C=O) groups excluding carboxylic acids is 1. The van der Waals surface area contributed by atoms with E-state index in [2.05, 4.69) is 20.9 Å². The van der Waals surface area contributed by atoms with Crippen LogP contribution in [0, 0.1) is 0 Å². The Hall–Kier alpha value is -2.33. The van der Waals surface area contributed by atoms with Crippen molar-refractivity contribution >= 4 is 29.0 Å². The summed E-state index contributed by atoms with van der Waals surface area (Å²) >= 11 is 6.28. The van der Waals surface area contributed by atoms with E-state index >= 15 is 0 Å². The summed E-state index contributed by atoms with van der Waals surface area (Å²) in [6.45, 7) is 1.23. The molecule has 1 N–H and O–H groups in total. The maximum atomic E-state index is 10.4. The third kappa shape index (κ3) is 2.97. The van der Waals surface area contributed by atoms with Crippen molar-refractivity contribution in [3.05, 3.63) is 64.9 Å². The molecule has 22 heavy (non-hydrogen) atoms. The lowest BCUT2D eigenvalue weighted by atomic mass is 10.2. The summed E-state index contributed by atoms with van der Waals surface area (Å²) in [7, 11) is 0. The van der Waals surface area contributed by atoms with Gasteiger partial charge in [-0.05, 0) is 23.8 Å². The molecule has 4 nitrogen and oxygen atoms in total. The second-order valence-corrected chi connectivity index (χ2v) is 5.42. The molecule has 1 amide bonds. The number of fused-ring (bicyclic) bond motifs is 1. The number of carbonyl (C=O) groups is 1. The first-order valence-corrected chi connectivity index (χ1v) is 7.52. The lowest BCUT2D eigenvalue weighted by Gasteiger charge is -2.10. The number of rotatable bonds is 6. The van der Waals surface area contributed by atoms with E-state index in [-0.39, 0.29) is 0 Å². The van der Waals surface area contributed by atoms with Crippen molar-refractivity contribution in [2.24, 2.45) is 0 Å². The molecule has 0 saturated carbocycles. The van der Waals surface area contributed by atoms with Crippen LogP contribution in [-0.4, -0.2) is 22.5 Å². The molecular formula is C17H16ClN3O. The zero-order chi connectivity index (χ0) is 15.4. The maximum absolute atomic E-state index is 10.4. The average Bonchev–Trinajstić information content (AvgIpc) is 2.88. The van der Waals surface area contributed by atoms with Crippen LogP contribution in [0.15, 0.2) is 48.5 Å². The van der Waals surface area contributed by atoms with Crippen LogP contribution in [-0.2, 0) is 17.8 Å². The summed E-state index contributed by atoms with van der Waals surface area (Å²) in [6.07, 6.45) is 1.39. The Morgan fingerprint density at radius 1 is 1.14 bits per heavy atom. The van der Waals surface area contributed by atoms with Crippen LogP contribution in [0.2, 0.25) is 5.02 Å². The fourth-order valence-electron chi connectivity index (χ4n) is 2.53. The van der Waals surface area contributed by atoms with Gasteiger partial charge in [0.2, 0.25) is 6.41 Å². The number of aromatic nitrogens is 2. The minimum absolute atomic E-state index is 0.565.